The fourth-order valence-corrected chi connectivity index (χ4v) is 3.37. The summed E-state index contributed by atoms with van der Waals surface area (Å²) in [7, 11) is 0. The Kier molecular flexibility index (Phi) is 5.04. The molecule has 2 aromatic carbocycles. The first-order valence-electron chi connectivity index (χ1n) is 8.48. The molecular weight excluding hydrogens is 348 g/mol. The molecule has 0 saturated heterocycles. The summed E-state index contributed by atoms with van der Waals surface area (Å²) in [5.74, 6) is 2.49. The molecule has 0 bridgehead atoms. The summed E-state index contributed by atoms with van der Waals surface area (Å²) in [5, 5.41) is 6.46. The lowest BCUT2D eigenvalue weighted by molar-refractivity contribution is 0.174. The second-order valence-electron chi connectivity index (χ2n) is 6.13. The van der Waals surface area contributed by atoms with Crippen LogP contribution in [0.1, 0.15) is 21.8 Å². The van der Waals surface area contributed by atoms with Crippen LogP contribution in [0.25, 0.3) is 0 Å². The molecule has 134 valence electrons. The van der Waals surface area contributed by atoms with Gasteiger partial charge in [-0.05, 0) is 36.8 Å². The Labute approximate surface area is 156 Å². The van der Waals surface area contributed by atoms with Gasteiger partial charge in [-0.1, -0.05) is 23.8 Å². The Balaban J connectivity index is 1.25. The molecule has 2 heterocycles. The monoisotopic (exact) mass is 368 g/mol. The van der Waals surface area contributed by atoms with Gasteiger partial charge in [0, 0.05) is 18.5 Å². The number of hydrogen-bond donors (Lipinski definition) is 1. The quantitative estimate of drug-likeness (QED) is 0.682. The van der Waals surface area contributed by atoms with E-state index in [1.165, 1.54) is 5.56 Å². The van der Waals surface area contributed by atoms with Gasteiger partial charge in [0.1, 0.15) is 17.4 Å². The molecule has 1 N–H and O–H groups in total. The van der Waals surface area contributed by atoms with Crippen LogP contribution in [-0.4, -0.2) is 11.8 Å². The summed E-state index contributed by atoms with van der Waals surface area (Å²) >= 11 is 1.62. The van der Waals surface area contributed by atoms with Crippen molar-refractivity contribution in [2.75, 3.05) is 6.79 Å². The van der Waals surface area contributed by atoms with Crippen molar-refractivity contribution in [3.63, 3.8) is 0 Å². The van der Waals surface area contributed by atoms with E-state index in [9.17, 15) is 0 Å². The minimum absolute atomic E-state index is 0.304. The molecule has 1 aromatic heterocycles. The van der Waals surface area contributed by atoms with Crippen molar-refractivity contribution in [3.8, 4) is 17.2 Å². The number of nitrogens with zero attached hydrogens (tertiary/aromatic N) is 1. The van der Waals surface area contributed by atoms with Crippen LogP contribution in [0.5, 0.6) is 17.2 Å². The highest BCUT2D eigenvalue weighted by Crippen LogP contribution is 2.32. The van der Waals surface area contributed by atoms with Crippen LogP contribution in [0.4, 0.5) is 0 Å². The van der Waals surface area contributed by atoms with Crippen LogP contribution in [-0.2, 0) is 19.7 Å². The van der Waals surface area contributed by atoms with E-state index in [1.54, 1.807) is 11.3 Å². The van der Waals surface area contributed by atoms with Crippen LogP contribution < -0.4 is 19.5 Å². The summed E-state index contributed by atoms with van der Waals surface area (Å²) in [4.78, 5) is 4.62. The minimum Gasteiger partial charge on any atom is -0.486 e. The molecule has 6 heteroatoms. The Morgan fingerprint density at radius 3 is 2.81 bits per heavy atom. The van der Waals surface area contributed by atoms with Crippen LogP contribution in [0.15, 0.2) is 47.8 Å². The van der Waals surface area contributed by atoms with Crippen molar-refractivity contribution in [3.05, 3.63) is 69.7 Å². The molecule has 3 aromatic rings. The fraction of sp³-hybridized carbons (Fsp3) is 0.250. The summed E-state index contributed by atoms with van der Waals surface area (Å²) < 4.78 is 16.5. The summed E-state index contributed by atoms with van der Waals surface area (Å²) in [6.07, 6.45) is 0. The number of rotatable bonds is 7. The number of benzene rings is 2. The predicted octanol–water partition coefficient (Wildman–Crippen LogP) is 4.05. The van der Waals surface area contributed by atoms with Gasteiger partial charge in [-0.3, -0.25) is 0 Å². The minimum atomic E-state index is 0.304. The molecule has 4 rings (SSSR count). The molecule has 1 aliphatic heterocycles. The van der Waals surface area contributed by atoms with Gasteiger partial charge in [-0.25, -0.2) is 4.98 Å². The maximum absolute atomic E-state index is 5.78. The number of aromatic nitrogens is 1. The van der Waals surface area contributed by atoms with Gasteiger partial charge in [-0.15, -0.1) is 11.3 Å². The van der Waals surface area contributed by atoms with E-state index in [1.807, 2.05) is 42.5 Å². The highest BCUT2D eigenvalue weighted by Gasteiger charge is 2.13. The lowest BCUT2D eigenvalue weighted by atomic mass is 10.2. The molecular formula is C20H20N2O3S. The van der Waals surface area contributed by atoms with Gasteiger partial charge >= 0.3 is 0 Å². The smallest absolute Gasteiger partial charge is 0.231 e. The van der Waals surface area contributed by atoms with Crippen LogP contribution in [0, 0.1) is 6.92 Å². The van der Waals surface area contributed by atoms with E-state index < -0.39 is 0 Å². The zero-order valence-corrected chi connectivity index (χ0v) is 15.3. The number of ether oxygens (including phenoxy) is 3. The average molecular weight is 368 g/mol. The van der Waals surface area contributed by atoms with Crippen molar-refractivity contribution >= 4 is 11.3 Å². The van der Waals surface area contributed by atoms with E-state index in [0.717, 1.165) is 46.6 Å². The van der Waals surface area contributed by atoms with E-state index in [-0.39, 0.29) is 0 Å². The number of fused-ring (bicyclic) bond motifs is 1. The molecule has 0 saturated carbocycles. The molecule has 0 aliphatic carbocycles. The second-order valence-corrected chi connectivity index (χ2v) is 7.07. The summed E-state index contributed by atoms with van der Waals surface area (Å²) in [6, 6.07) is 14.1. The highest BCUT2D eigenvalue weighted by molar-refractivity contribution is 7.09. The van der Waals surface area contributed by atoms with Crippen LogP contribution in [0.2, 0.25) is 0 Å². The molecule has 0 radical (unpaired) electrons. The molecule has 0 spiro atoms. The number of nitrogens with one attached hydrogen (secondary N) is 1. The molecule has 5 nitrogen and oxygen atoms in total. The molecule has 0 atom stereocenters. The van der Waals surface area contributed by atoms with Gasteiger partial charge in [0.15, 0.2) is 11.5 Å². The molecule has 0 amide bonds. The van der Waals surface area contributed by atoms with E-state index >= 15 is 0 Å². The third-order valence-corrected chi connectivity index (χ3v) is 4.93. The maximum atomic E-state index is 5.78. The van der Waals surface area contributed by atoms with Crippen molar-refractivity contribution in [1.29, 1.82) is 0 Å². The lowest BCUT2D eigenvalue weighted by Crippen LogP contribution is -2.13. The Bertz CT molecular complexity index is 877. The molecule has 1 aliphatic rings. The van der Waals surface area contributed by atoms with E-state index in [0.29, 0.717) is 13.4 Å². The third-order valence-electron chi connectivity index (χ3n) is 4.05. The van der Waals surface area contributed by atoms with E-state index in [4.69, 9.17) is 14.2 Å². The second kappa shape index (κ2) is 7.76. The first kappa shape index (κ1) is 16.9. The van der Waals surface area contributed by atoms with Gasteiger partial charge in [-0.2, -0.15) is 0 Å². The maximum Gasteiger partial charge on any atom is 0.231 e. The van der Waals surface area contributed by atoms with Crippen LogP contribution in [0.3, 0.4) is 0 Å². The largest absolute Gasteiger partial charge is 0.486 e. The molecule has 26 heavy (non-hydrogen) atoms. The van der Waals surface area contributed by atoms with Crippen LogP contribution >= 0.6 is 11.3 Å². The van der Waals surface area contributed by atoms with Crippen molar-refractivity contribution in [1.82, 2.24) is 10.3 Å². The van der Waals surface area contributed by atoms with Gasteiger partial charge in [0.2, 0.25) is 6.79 Å². The standard InChI is InChI=1S/C20H20N2O3S/c1-14-2-5-17(6-3-14)23-11-20-22-16(12-26-20)10-21-9-15-4-7-18-19(8-15)25-13-24-18/h2-8,12,21H,9-11,13H2,1H3. The summed E-state index contributed by atoms with van der Waals surface area (Å²) in [6.45, 7) is 4.33. The first-order chi connectivity index (χ1) is 12.8. The lowest BCUT2D eigenvalue weighted by Gasteiger charge is -2.05. The normalized spacial score (nSPS) is 12.3. The predicted molar refractivity (Wildman–Crippen MR) is 101 cm³/mol. The van der Waals surface area contributed by atoms with Gasteiger partial charge < -0.3 is 19.5 Å². The number of aryl methyl sites for hydroxylation is 1. The first-order valence-corrected chi connectivity index (χ1v) is 9.36. The Morgan fingerprint density at radius 2 is 1.92 bits per heavy atom. The fourth-order valence-electron chi connectivity index (χ4n) is 2.66. The third kappa shape index (κ3) is 4.15. The van der Waals surface area contributed by atoms with Crippen molar-refractivity contribution < 1.29 is 14.2 Å². The van der Waals surface area contributed by atoms with E-state index in [2.05, 4.69) is 22.6 Å². The van der Waals surface area contributed by atoms with Crippen molar-refractivity contribution in [2.45, 2.75) is 26.6 Å². The number of hydrogen-bond acceptors (Lipinski definition) is 6. The SMILES string of the molecule is Cc1ccc(OCc2nc(CNCc3ccc4c(c3)OCO4)cs2)cc1. The zero-order valence-electron chi connectivity index (χ0n) is 14.5. The topological polar surface area (TPSA) is 52.6 Å². The van der Waals surface area contributed by atoms with Gasteiger partial charge in [0.25, 0.3) is 0 Å². The highest BCUT2D eigenvalue weighted by atomic mass is 32.1. The Morgan fingerprint density at radius 1 is 1.08 bits per heavy atom. The van der Waals surface area contributed by atoms with Crippen molar-refractivity contribution in [2.24, 2.45) is 0 Å². The zero-order chi connectivity index (χ0) is 17.8. The van der Waals surface area contributed by atoms with Gasteiger partial charge in [0.05, 0.1) is 5.69 Å². The average Bonchev–Trinajstić information content (AvgIpc) is 3.30. The molecule has 0 fully saturated rings. The molecule has 0 unspecified atom stereocenters. The summed E-state index contributed by atoms with van der Waals surface area (Å²) in [5.41, 5.74) is 3.41. The number of thiazole rings is 1. The Hall–Kier alpha value is -2.57.